The molecule has 1 fully saturated rings. The van der Waals surface area contributed by atoms with Crippen molar-refractivity contribution in [1.82, 2.24) is 10.6 Å². The minimum atomic E-state index is -0.176. The summed E-state index contributed by atoms with van der Waals surface area (Å²) in [5.41, 5.74) is 1.02. The number of ether oxygens (including phenoxy) is 2. The highest BCUT2D eigenvalue weighted by molar-refractivity contribution is 5.79. The van der Waals surface area contributed by atoms with Crippen molar-refractivity contribution in [1.29, 1.82) is 0 Å². The molecule has 0 amide bonds. The fraction of sp³-hybridized carbons (Fsp3) is 0.667. The van der Waals surface area contributed by atoms with E-state index in [9.17, 15) is 4.39 Å². The quantitative estimate of drug-likeness (QED) is 0.352. The van der Waals surface area contributed by atoms with E-state index in [4.69, 9.17) is 9.47 Å². The van der Waals surface area contributed by atoms with Crippen molar-refractivity contribution in [2.75, 3.05) is 46.1 Å². The highest BCUT2D eigenvalue weighted by Crippen LogP contribution is 2.14. The number of benzene rings is 1. The molecule has 0 aromatic heterocycles. The van der Waals surface area contributed by atoms with Crippen LogP contribution in [0.1, 0.15) is 38.2 Å². The molecule has 2 rings (SSSR count). The van der Waals surface area contributed by atoms with Gasteiger partial charge in [-0.25, -0.2) is 4.39 Å². The van der Waals surface area contributed by atoms with E-state index in [1.54, 1.807) is 12.1 Å². The van der Waals surface area contributed by atoms with Crippen LogP contribution in [0.2, 0.25) is 0 Å². The SMILES string of the molecule is CCNC(=NCCCc1cccc(F)c1)NCCCOCC1CCOCC1. The van der Waals surface area contributed by atoms with Crippen LogP contribution >= 0.6 is 0 Å². The zero-order valence-electron chi connectivity index (χ0n) is 16.5. The Labute approximate surface area is 162 Å². The maximum atomic E-state index is 13.2. The minimum absolute atomic E-state index is 0.176. The first-order chi connectivity index (χ1) is 13.3. The Morgan fingerprint density at radius 1 is 1.26 bits per heavy atom. The Balaban J connectivity index is 1.55. The summed E-state index contributed by atoms with van der Waals surface area (Å²) >= 11 is 0. The lowest BCUT2D eigenvalue weighted by molar-refractivity contribution is 0.0203. The first kappa shape index (κ1) is 21.6. The van der Waals surface area contributed by atoms with Crippen molar-refractivity contribution in [3.63, 3.8) is 0 Å². The van der Waals surface area contributed by atoms with Crippen LogP contribution in [-0.2, 0) is 15.9 Å². The maximum Gasteiger partial charge on any atom is 0.191 e. The Hall–Kier alpha value is -1.66. The standard InChI is InChI=1S/C21H34FN3O2/c1-2-23-21(24-11-4-7-18-6-3-8-20(22)16-18)25-12-5-13-27-17-19-9-14-26-15-10-19/h3,6,8,16,19H,2,4-5,7,9-15,17H2,1H3,(H2,23,24,25). The lowest BCUT2D eigenvalue weighted by Crippen LogP contribution is -2.38. The molecule has 0 spiro atoms. The summed E-state index contributed by atoms with van der Waals surface area (Å²) in [5, 5.41) is 6.60. The van der Waals surface area contributed by atoms with Crippen molar-refractivity contribution in [3.8, 4) is 0 Å². The Bertz CT molecular complexity index is 548. The van der Waals surface area contributed by atoms with Gasteiger partial charge in [-0.05, 0) is 62.6 Å². The lowest BCUT2D eigenvalue weighted by Gasteiger charge is -2.21. The number of hydrogen-bond donors (Lipinski definition) is 2. The van der Waals surface area contributed by atoms with E-state index in [-0.39, 0.29) is 5.82 Å². The summed E-state index contributed by atoms with van der Waals surface area (Å²) in [5.74, 6) is 1.31. The van der Waals surface area contributed by atoms with Crippen molar-refractivity contribution in [3.05, 3.63) is 35.6 Å². The molecule has 1 aromatic carbocycles. The Morgan fingerprint density at radius 2 is 2.11 bits per heavy atom. The van der Waals surface area contributed by atoms with E-state index in [0.717, 1.165) is 83.1 Å². The first-order valence-electron chi connectivity index (χ1n) is 10.2. The third kappa shape index (κ3) is 9.73. The van der Waals surface area contributed by atoms with E-state index in [1.807, 2.05) is 6.07 Å². The van der Waals surface area contributed by atoms with Gasteiger partial charge in [0.1, 0.15) is 5.82 Å². The van der Waals surface area contributed by atoms with Gasteiger partial charge in [0.05, 0.1) is 0 Å². The Kier molecular flexibility index (Phi) is 10.8. The number of guanidine groups is 1. The summed E-state index contributed by atoms with van der Waals surface area (Å²) in [6.07, 6.45) is 4.92. The number of nitrogens with one attached hydrogen (secondary N) is 2. The van der Waals surface area contributed by atoms with Crippen LogP contribution in [-0.4, -0.2) is 52.0 Å². The second-order valence-electron chi connectivity index (χ2n) is 6.91. The van der Waals surface area contributed by atoms with Crippen LogP contribution < -0.4 is 10.6 Å². The molecule has 0 radical (unpaired) electrons. The number of aliphatic imine (C=N–C) groups is 1. The molecule has 1 saturated heterocycles. The molecular weight excluding hydrogens is 345 g/mol. The van der Waals surface area contributed by atoms with Crippen molar-refractivity contribution >= 4 is 5.96 Å². The zero-order valence-corrected chi connectivity index (χ0v) is 16.5. The molecule has 6 heteroatoms. The smallest absolute Gasteiger partial charge is 0.191 e. The molecule has 0 bridgehead atoms. The van der Waals surface area contributed by atoms with E-state index in [0.29, 0.717) is 12.5 Å². The number of halogens is 1. The maximum absolute atomic E-state index is 13.2. The van der Waals surface area contributed by atoms with Gasteiger partial charge < -0.3 is 20.1 Å². The van der Waals surface area contributed by atoms with Crippen molar-refractivity contribution in [2.45, 2.75) is 39.0 Å². The predicted molar refractivity (Wildman–Crippen MR) is 108 cm³/mol. The molecule has 0 saturated carbocycles. The third-order valence-electron chi connectivity index (χ3n) is 4.58. The monoisotopic (exact) mass is 379 g/mol. The van der Waals surface area contributed by atoms with E-state index < -0.39 is 0 Å². The fourth-order valence-corrected chi connectivity index (χ4v) is 3.05. The van der Waals surface area contributed by atoms with Crippen LogP contribution in [0.5, 0.6) is 0 Å². The lowest BCUT2D eigenvalue weighted by atomic mass is 10.0. The van der Waals surface area contributed by atoms with Crippen molar-refractivity contribution in [2.24, 2.45) is 10.9 Å². The van der Waals surface area contributed by atoms with Crippen molar-refractivity contribution < 1.29 is 13.9 Å². The van der Waals surface area contributed by atoms with Gasteiger partial charge >= 0.3 is 0 Å². The summed E-state index contributed by atoms with van der Waals surface area (Å²) in [6.45, 7) is 7.79. The highest BCUT2D eigenvalue weighted by Gasteiger charge is 2.13. The molecule has 0 unspecified atom stereocenters. The number of hydrogen-bond acceptors (Lipinski definition) is 3. The second kappa shape index (κ2) is 13.5. The number of rotatable bonds is 11. The third-order valence-corrected chi connectivity index (χ3v) is 4.58. The number of aryl methyl sites for hydroxylation is 1. The summed E-state index contributed by atoms with van der Waals surface area (Å²) < 4.78 is 24.3. The molecular formula is C21H34FN3O2. The average Bonchev–Trinajstić information content (AvgIpc) is 2.68. The molecule has 152 valence electrons. The van der Waals surface area contributed by atoms with Gasteiger partial charge in [-0.1, -0.05) is 12.1 Å². The summed E-state index contributed by atoms with van der Waals surface area (Å²) in [6, 6.07) is 6.77. The van der Waals surface area contributed by atoms with Crippen LogP contribution in [0.3, 0.4) is 0 Å². The predicted octanol–water partition coefficient (Wildman–Crippen LogP) is 3.15. The van der Waals surface area contributed by atoms with Crippen LogP contribution in [0, 0.1) is 11.7 Å². The average molecular weight is 380 g/mol. The fourth-order valence-electron chi connectivity index (χ4n) is 3.05. The van der Waals surface area contributed by atoms with Gasteiger partial charge in [0.2, 0.25) is 0 Å². The molecule has 2 N–H and O–H groups in total. The summed E-state index contributed by atoms with van der Waals surface area (Å²) in [7, 11) is 0. The van der Waals surface area contributed by atoms with Crippen LogP contribution in [0.15, 0.2) is 29.3 Å². The molecule has 1 aliphatic rings. The van der Waals surface area contributed by atoms with Gasteiger partial charge in [0, 0.05) is 46.1 Å². The largest absolute Gasteiger partial charge is 0.381 e. The topological polar surface area (TPSA) is 54.9 Å². The van der Waals surface area contributed by atoms with Gasteiger partial charge in [-0.2, -0.15) is 0 Å². The van der Waals surface area contributed by atoms with E-state index in [1.165, 1.54) is 6.07 Å². The molecule has 1 heterocycles. The second-order valence-corrected chi connectivity index (χ2v) is 6.91. The minimum Gasteiger partial charge on any atom is -0.381 e. The van der Waals surface area contributed by atoms with Gasteiger partial charge in [0.25, 0.3) is 0 Å². The molecule has 0 atom stereocenters. The molecule has 1 aliphatic heterocycles. The molecule has 1 aromatic rings. The molecule has 27 heavy (non-hydrogen) atoms. The zero-order chi connectivity index (χ0) is 19.2. The normalized spacial score (nSPS) is 15.7. The van der Waals surface area contributed by atoms with Crippen LogP contribution in [0.25, 0.3) is 0 Å². The Morgan fingerprint density at radius 3 is 2.89 bits per heavy atom. The molecule has 0 aliphatic carbocycles. The van der Waals surface area contributed by atoms with Gasteiger partial charge in [-0.15, -0.1) is 0 Å². The highest BCUT2D eigenvalue weighted by atomic mass is 19.1. The van der Waals surface area contributed by atoms with E-state index in [2.05, 4.69) is 22.5 Å². The van der Waals surface area contributed by atoms with Gasteiger partial charge in [0.15, 0.2) is 5.96 Å². The summed E-state index contributed by atoms with van der Waals surface area (Å²) in [4.78, 5) is 4.59. The van der Waals surface area contributed by atoms with Crippen LogP contribution in [0.4, 0.5) is 4.39 Å². The first-order valence-corrected chi connectivity index (χ1v) is 10.2. The van der Waals surface area contributed by atoms with E-state index >= 15 is 0 Å². The van der Waals surface area contributed by atoms with Gasteiger partial charge in [-0.3, -0.25) is 4.99 Å². The number of nitrogens with zero attached hydrogens (tertiary/aromatic N) is 1. The molecule has 5 nitrogen and oxygen atoms in total.